The highest BCUT2D eigenvalue weighted by atomic mass is 32.1. The normalized spacial score (nSPS) is 13.0. The Morgan fingerprint density at radius 3 is 1.91 bits per heavy atom. The molecule has 0 radical (unpaired) electrons. The van der Waals surface area contributed by atoms with Gasteiger partial charge in [-0.2, -0.15) is 0 Å². The lowest BCUT2D eigenvalue weighted by Crippen LogP contribution is -2.16. The van der Waals surface area contributed by atoms with E-state index in [1.54, 1.807) is 11.3 Å². The zero-order chi connectivity index (χ0) is 37.4. The molecule has 0 saturated carbocycles. The number of nitrogens with zero attached hydrogens (tertiary/aromatic N) is 2. The van der Waals surface area contributed by atoms with Crippen LogP contribution >= 0.6 is 22.7 Å². The lowest BCUT2D eigenvalue weighted by Gasteiger charge is -2.28. The summed E-state index contributed by atoms with van der Waals surface area (Å²) < 4.78 is 3.83. The van der Waals surface area contributed by atoms with Crippen LogP contribution in [0, 0.1) is 0 Å². The number of thiazole rings is 1. The van der Waals surface area contributed by atoms with Crippen LogP contribution in [0.4, 0.5) is 17.1 Å². The van der Waals surface area contributed by atoms with Crippen LogP contribution in [0.1, 0.15) is 25.0 Å². The first kappa shape index (κ1) is 33.0. The molecular weight excluding hydrogens is 717 g/mol. The predicted molar refractivity (Wildman–Crippen MR) is 241 cm³/mol. The number of thiophene rings is 1. The van der Waals surface area contributed by atoms with Crippen molar-refractivity contribution < 1.29 is 0 Å². The Labute approximate surface area is 334 Å². The van der Waals surface area contributed by atoms with Gasteiger partial charge in [-0.05, 0) is 93.0 Å². The highest BCUT2D eigenvalue weighted by Gasteiger charge is 2.35. The molecule has 1 aliphatic carbocycles. The van der Waals surface area contributed by atoms with Crippen LogP contribution in [0.15, 0.2) is 182 Å². The molecule has 2 nitrogen and oxygen atoms in total. The third-order valence-electron chi connectivity index (χ3n) is 11.5. The highest BCUT2D eigenvalue weighted by Crippen LogP contribution is 2.51. The highest BCUT2D eigenvalue weighted by molar-refractivity contribution is 7.26. The smallest absolute Gasteiger partial charge is 0.124 e. The van der Waals surface area contributed by atoms with Crippen molar-refractivity contribution >= 4 is 70.1 Å². The Morgan fingerprint density at radius 2 is 1.05 bits per heavy atom. The Bertz CT molecular complexity index is 3100. The van der Waals surface area contributed by atoms with E-state index in [0.29, 0.717) is 0 Å². The number of benzene rings is 8. The van der Waals surface area contributed by atoms with Crippen molar-refractivity contribution in [2.24, 2.45) is 0 Å². The fraction of sp³-hybridized carbons (Fsp3) is 0.0577. The molecule has 0 aliphatic heterocycles. The van der Waals surface area contributed by atoms with Crippen LogP contribution in [-0.4, -0.2) is 4.98 Å². The van der Waals surface area contributed by atoms with Gasteiger partial charge in [0.15, 0.2) is 0 Å². The number of fused-ring (bicyclic) bond motifs is 7. The molecule has 0 bridgehead atoms. The summed E-state index contributed by atoms with van der Waals surface area (Å²) in [6, 6.07) is 66.5. The second-order valence-electron chi connectivity index (χ2n) is 15.2. The summed E-state index contributed by atoms with van der Waals surface area (Å²) >= 11 is 3.62. The maximum Gasteiger partial charge on any atom is 0.124 e. The molecule has 4 heteroatoms. The van der Waals surface area contributed by atoms with Gasteiger partial charge in [0.25, 0.3) is 0 Å². The molecule has 0 N–H and O–H groups in total. The van der Waals surface area contributed by atoms with E-state index in [1.807, 2.05) is 11.3 Å². The second kappa shape index (κ2) is 12.9. The van der Waals surface area contributed by atoms with Crippen LogP contribution in [0.25, 0.3) is 74.3 Å². The zero-order valence-corrected chi connectivity index (χ0v) is 32.7. The summed E-state index contributed by atoms with van der Waals surface area (Å²) in [5.41, 5.74) is 15.7. The summed E-state index contributed by atoms with van der Waals surface area (Å²) in [5, 5.41) is 3.67. The Hall–Kier alpha value is -6.33. The lowest BCUT2D eigenvalue weighted by atomic mass is 9.82. The second-order valence-corrected chi connectivity index (χ2v) is 17.3. The molecule has 11 rings (SSSR count). The van der Waals surface area contributed by atoms with Gasteiger partial charge in [-0.15, -0.1) is 22.7 Å². The fourth-order valence-electron chi connectivity index (χ4n) is 8.66. The van der Waals surface area contributed by atoms with E-state index in [4.69, 9.17) is 4.98 Å². The van der Waals surface area contributed by atoms with Gasteiger partial charge in [0.2, 0.25) is 0 Å². The molecule has 1 aliphatic rings. The third-order valence-corrected chi connectivity index (χ3v) is 13.8. The molecule has 2 heterocycles. The number of hydrogen-bond acceptors (Lipinski definition) is 4. The van der Waals surface area contributed by atoms with Crippen molar-refractivity contribution in [1.29, 1.82) is 0 Å². The average Bonchev–Trinajstić information content (AvgIpc) is 3.92. The lowest BCUT2D eigenvalue weighted by molar-refractivity contribution is 0.660. The average molecular weight is 753 g/mol. The van der Waals surface area contributed by atoms with Crippen LogP contribution in [0.2, 0.25) is 0 Å². The van der Waals surface area contributed by atoms with Crippen molar-refractivity contribution in [3.8, 4) is 44.0 Å². The van der Waals surface area contributed by atoms with Gasteiger partial charge in [-0.25, -0.2) is 4.98 Å². The van der Waals surface area contributed by atoms with Crippen molar-refractivity contribution in [3.63, 3.8) is 0 Å². The zero-order valence-electron chi connectivity index (χ0n) is 31.0. The first-order valence-electron chi connectivity index (χ1n) is 19.1. The molecular formula is C52H36N2S2. The van der Waals surface area contributed by atoms with E-state index in [1.165, 1.54) is 69.4 Å². The molecule has 56 heavy (non-hydrogen) atoms. The van der Waals surface area contributed by atoms with E-state index in [9.17, 15) is 0 Å². The van der Waals surface area contributed by atoms with Crippen LogP contribution in [0.3, 0.4) is 0 Å². The molecule has 0 spiro atoms. The molecule has 0 unspecified atom stereocenters. The van der Waals surface area contributed by atoms with Gasteiger partial charge in [0.05, 0.1) is 10.2 Å². The largest absolute Gasteiger partial charge is 0.310 e. The summed E-state index contributed by atoms with van der Waals surface area (Å²) in [5.74, 6) is 0. The fourth-order valence-corrected chi connectivity index (χ4v) is 10.8. The third kappa shape index (κ3) is 5.32. The molecule has 0 atom stereocenters. The van der Waals surface area contributed by atoms with E-state index >= 15 is 0 Å². The first-order chi connectivity index (χ1) is 27.5. The monoisotopic (exact) mass is 752 g/mol. The summed E-state index contributed by atoms with van der Waals surface area (Å²) in [6.07, 6.45) is 0. The van der Waals surface area contributed by atoms with Gasteiger partial charge in [0, 0.05) is 48.2 Å². The van der Waals surface area contributed by atoms with Crippen LogP contribution in [0.5, 0.6) is 0 Å². The van der Waals surface area contributed by atoms with Crippen molar-refractivity contribution in [2.45, 2.75) is 19.3 Å². The molecule has 0 saturated heterocycles. The number of hydrogen-bond donors (Lipinski definition) is 0. The van der Waals surface area contributed by atoms with Crippen LogP contribution in [-0.2, 0) is 5.41 Å². The quantitative estimate of drug-likeness (QED) is 0.168. The number of rotatable bonds is 6. The molecule has 266 valence electrons. The Balaban J connectivity index is 1.01. The minimum absolute atomic E-state index is 0.107. The maximum atomic E-state index is 5.22. The summed E-state index contributed by atoms with van der Waals surface area (Å²) in [7, 11) is 0. The van der Waals surface area contributed by atoms with E-state index in [0.717, 1.165) is 33.1 Å². The van der Waals surface area contributed by atoms with E-state index in [-0.39, 0.29) is 5.41 Å². The van der Waals surface area contributed by atoms with Gasteiger partial charge in [-0.3, -0.25) is 0 Å². The maximum absolute atomic E-state index is 5.22. The van der Waals surface area contributed by atoms with Crippen molar-refractivity contribution in [1.82, 2.24) is 4.98 Å². The van der Waals surface area contributed by atoms with Crippen molar-refractivity contribution in [2.75, 3.05) is 4.90 Å². The van der Waals surface area contributed by atoms with Gasteiger partial charge in [0.1, 0.15) is 5.01 Å². The predicted octanol–water partition coefficient (Wildman–Crippen LogP) is 15.4. The van der Waals surface area contributed by atoms with E-state index < -0.39 is 0 Å². The summed E-state index contributed by atoms with van der Waals surface area (Å²) in [6.45, 7) is 4.70. The summed E-state index contributed by atoms with van der Waals surface area (Å²) in [4.78, 5) is 7.62. The van der Waals surface area contributed by atoms with Gasteiger partial charge < -0.3 is 4.90 Å². The van der Waals surface area contributed by atoms with Crippen LogP contribution < -0.4 is 4.90 Å². The minimum Gasteiger partial charge on any atom is -0.310 e. The first-order valence-corrected chi connectivity index (χ1v) is 20.7. The Morgan fingerprint density at radius 1 is 0.429 bits per heavy atom. The number of anilines is 3. The molecule has 8 aromatic carbocycles. The molecule has 0 amide bonds. The van der Waals surface area contributed by atoms with Crippen molar-refractivity contribution in [3.05, 3.63) is 193 Å². The molecule has 0 fully saturated rings. The van der Waals surface area contributed by atoms with Gasteiger partial charge >= 0.3 is 0 Å². The topological polar surface area (TPSA) is 16.1 Å². The minimum atomic E-state index is -0.107. The standard InChI is InChI=1S/C52H36N2S2/c1-52(2)45-17-8-6-13-41(45)42-29-27-38(31-46(42)52)54(37-25-23-35(24-26-37)40-15-10-16-44-43-14-7-9-18-48(43)55-50(40)44)39-28-30-49-47(32-39)53-51(56-49)36-21-19-34(20-22-36)33-11-4-3-5-12-33/h3-32H,1-2H3. The number of aromatic nitrogens is 1. The molecule has 2 aromatic heterocycles. The SMILES string of the molecule is CC1(C)c2ccccc2-c2ccc(N(c3ccc(-c4cccc5c4sc4ccccc45)cc3)c3ccc4sc(-c5ccc(-c6ccccc6)cc5)nc4c3)cc21. The molecule has 10 aromatic rings. The van der Waals surface area contributed by atoms with E-state index in [2.05, 4.69) is 201 Å². The Kier molecular flexibility index (Phi) is 7.60. The van der Waals surface area contributed by atoms with Gasteiger partial charge in [-0.1, -0.05) is 147 Å².